The van der Waals surface area contributed by atoms with Crippen LogP contribution >= 0.6 is 27.3 Å². The van der Waals surface area contributed by atoms with Crippen LogP contribution in [0.5, 0.6) is 0 Å². The van der Waals surface area contributed by atoms with E-state index in [9.17, 15) is 0 Å². The summed E-state index contributed by atoms with van der Waals surface area (Å²) in [6.45, 7) is 0. The molecule has 15 heavy (non-hydrogen) atoms. The molecular formula is C11H16BrNOS. The highest BCUT2D eigenvalue weighted by Crippen LogP contribution is 2.44. The highest BCUT2D eigenvalue weighted by molar-refractivity contribution is 9.10. The first-order valence-corrected chi connectivity index (χ1v) is 6.90. The lowest BCUT2D eigenvalue weighted by Crippen LogP contribution is -2.40. The van der Waals surface area contributed by atoms with Crippen LogP contribution in [0.4, 0.5) is 0 Å². The smallest absolute Gasteiger partial charge is 0.0878 e. The van der Waals surface area contributed by atoms with Gasteiger partial charge < -0.3 is 10.5 Å². The number of hydrogen-bond donors (Lipinski definition) is 1. The van der Waals surface area contributed by atoms with E-state index in [4.69, 9.17) is 10.5 Å². The number of halogens is 1. The molecule has 4 heteroatoms. The Labute approximate surface area is 103 Å². The predicted octanol–water partition coefficient (Wildman–Crippen LogP) is 3.47. The maximum absolute atomic E-state index is 6.35. The Morgan fingerprint density at radius 2 is 2.20 bits per heavy atom. The zero-order chi connectivity index (χ0) is 10.9. The Kier molecular flexibility index (Phi) is 3.50. The molecule has 0 spiro atoms. The summed E-state index contributed by atoms with van der Waals surface area (Å²) < 4.78 is 6.81. The maximum atomic E-state index is 6.35. The fourth-order valence-corrected chi connectivity index (χ4v) is 4.11. The van der Waals surface area contributed by atoms with E-state index in [1.165, 1.54) is 17.7 Å². The average molecular weight is 290 g/mol. The molecule has 2 rings (SSSR count). The van der Waals surface area contributed by atoms with Gasteiger partial charge in [0.1, 0.15) is 0 Å². The highest BCUT2D eigenvalue weighted by Gasteiger charge is 2.41. The minimum Gasteiger partial charge on any atom is -0.376 e. The van der Waals surface area contributed by atoms with Gasteiger partial charge >= 0.3 is 0 Å². The molecule has 2 nitrogen and oxygen atoms in total. The third kappa shape index (κ3) is 2.00. The lowest BCUT2D eigenvalue weighted by Gasteiger charge is -2.33. The summed E-state index contributed by atoms with van der Waals surface area (Å²) >= 11 is 5.25. The van der Waals surface area contributed by atoms with Crippen molar-refractivity contribution in [1.82, 2.24) is 0 Å². The van der Waals surface area contributed by atoms with Gasteiger partial charge in [-0.15, -0.1) is 11.3 Å². The zero-order valence-corrected chi connectivity index (χ0v) is 11.2. The molecule has 1 saturated carbocycles. The van der Waals surface area contributed by atoms with Crippen LogP contribution in [0.3, 0.4) is 0 Å². The molecule has 0 radical (unpaired) electrons. The van der Waals surface area contributed by atoms with E-state index in [-0.39, 0.29) is 11.6 Å². The average Bonchev–Trinajstić information content (AvgIpc) is 2.86. The summed E-state index contributed by atoms with van der Waals surface area (Å²) in [7, 11) is 1.78. The van der Waals surface area contributed by atoms with Gasteiger partial charge in [-0.05, 0) is 40.2 Å². The van der Waals surface area contributed by atoms with Crippen molar-refractivity contribution in [3.63, 3.8) is 0 Å². The van der Waals surface area contributed by atoms with E-state index < -0.39 is 0 Å². The standard InChI is InChI=1S/C11H16BrNOS/c1-14-11(5-2-3-6-11)10(13)9-8(12)4-7-15-9/h4,7,10H,2-3,5-6,13H2,1H3. The van der Waals surface area contributed by atoms with Crippen molar-refractivity contribution in [2.75, 3.05) is 7.11 Å². The maximum Gasteiger partial charge on any atom is 0.0878 e. The molecule has 1 aliphatic carbocycles. The van der Waals surface area contributed by atoms with E-state index in [2.05, 4.69) is 27.4 Å². The van der Waals surface area contributed by atoms with Gasteiger partial charge in [-0.25, -0.2) is 0 Å². The minimum atomic E-state index is -0.132. The van der Waals surface area contributed by atoms with Crippen molar-refractivity contribution >= 4 is 27.3 Å². The van der Waals surface area contributed by atoms with Crippen LogP contribution < -0.4 is 5.73 Å². The Morgan fingerprint density at radius 1 is 1.53 bits per heavy atom. The molecule has 84 valence electrons. The van der Waals surface area contributed by atoms with Crippen molar-refractivity contribution in [2.24, 2.45) is 5.73 Å². The number of thiophene rings is 1. The van der Waals surface area contributed by atoms with E-state index in [1.54, 1.807) is 18.4 Å². The van der Waals surface area contributed by atoms with Gasteiger partial charge in [0.25, 0.3) is 0 Å². The normalized spacial score (nSPS) is 21.8. The molecule has 0 saturated heterocycles. The second-order valence-corrected chi connectivity index (χ2v) is 5.89. The topological polar surface area (TPSA) is 35.2 Å². The first-order valence-electron chi connectivity index (χ1n) is 5.23. The first kappa shape index (κ1) is 11.6. The molecule has 1 heterocycles. The number of ether oxygens (including phenoxy) is 1. The third-order valence-corrected chi connectivity index (χ3v) is 5.30. The minimum absolute atomic E-state index is 0.000579. The highest BCUT2D eigenvalue weighted by atomic mass is 79.9. The van der Waals surface area contributed by atoms with Crippen LogP contribution in [-0.4, -0.2) is 12.7 Å². The summed E-state index contributed by atoms with van der Waals surface area (Å²) in [6, 6.07) is 2.05. The van der Waals surface area contributed by atoms with E-state index in [1.807, 2.05) is 0 Å². The van der Waals surface area contributed by atoms with Gasteiger partial charge in [-0.2, -0.15) is 0 Å². The van der Waals surface area contributed by atoms with Gasteiger partial charge in [-0.3, -0.25) is 0 Å². The third-order valence-electron chi connectivity index (χ3n) is 3.35. The summed E-state index contributed by atoms with van der Waals surface area (Å²) in [6.07, 6.45) is 4.61. The number of nitrogens with two attached hydrogens (primary N) is 1. The van der Waals surface area contributed by atoms with Gasteiger partial charge in [0.15, 0.2) is 0 Å². The molecule has 0 bridgehead atoms. The Bertz CT molecular complexity index is 333. The molecule has 1 aromatic rings. The largest absolute Gasteiger partial charge is 0.376 e. The second kappa shape index (κ2) is 4.53. The zero-order valence-electron chi connectivity index (χ0n) is 8.83. The van der Waals surface area contributed by atoms with Crippen molar-refractivity contribution in [3.8, 4) is 0 Å². The first-order chi connectivity index (χ1) is 7.19. The Morgan fingerprint density at radius 3 is 2.67 bits per heavy atom. The molecule has 1 aliphatic rings. The van der Waals surface area contributed by atoms with Crippen LogP contribution in [0.1, 0.15) is 36.6 Å². The summed E-state index contributed by atoms with van der Waals surface area (Å²) in [5, 5.41) is 2.07. The molecule has 1 aromatic heterocycles. The predicted molar refractivity (Wildman–Crippen MR) is 67.2 cm³/mol. The number of hydrogen-bond acceptors (Lipinski definition) is 3. The SMILES string of the molecule is COC1(C(N)c2sccc2Br)CCCC1. The fourth-order valence-electron chi connectivity index (χ4n) is 2.38. The number of rotatable bonds is 3. The van der Waals surface area contributed by atoms with E-state index >= 15 is 0 Å². The van der Waals surface area contributed by atoms with Gasteiger partial charge in [0, 0.05) is 16.5 Å². The van der Waals surface area contributed by atoms with Crippen LogP contribution in [-0.2, 0) is 4.74 Å². The Hall–Kier alpha value is 0.100. The summed E-state index contributed by atoms with van der Waals surface area (Å²) in [4.78, 5) is 1.21. The van der Waals surface area contributed by atoms with Crippen LogP contribution in [0.15, 0.2) is 15.9 Å². The van der Waals surface area contributed by atoms with Crippen molar-refractivity contribution < 1.29 is 4.74 Å². The van der Waals surface area contributed by atoms with Crippen molar-refractivity contribution in [1.29, 1.82) is 0 Å². The second-order valence-electron chi connectivity index (χ2n) is 4.09. The molecular weight excluding hydrogens is 274 g/mol. The molecule has 0 aliphatic heterocycles. The van der Waals surface area contributed by atoms with Crippen LogP contribution in [0, 0.1) is 0 Å². The lowest BCUT2D eigenvalue weighted by molar-refractivity contribution is -0.0257. The Balaban J connectivity index is 2.26. The van der Waals surface area contributed by atoms with E-state index in [0.29, 0.717) is 0 Å². The summed E-state index contributed by atoms with van der Waals surface area (Å²) in [5.41, 5.74) is 6.21. The molecule has 1 unspecified atom stereocenters. The lowest BCUT2D eigenvalue weighted by atomic mass is 9.91. The van der Waals surface area contributed by atoms with Crippen LogP contribution in [0.2, 0.25) is 0 Å². The molecule has 1 fully saturated rings. The van der Waals surface area contributed by atoms with Crippen LogP contribution in [0.25, 0.3) is 0 Å². The fraction of sp³-hybridized carbons (Fsp3) is 0.636. The van der Waals surface area contributed by atoms with Crippen molar-refractivity contribution in [2.45, 2.75) is 37.3 Å². The molecule has 2 N–H and O–H groups in total. The monoisotopic (exact) mass is 289 g/mol. The van der Waals surface area contributed by atoms with Gasteiger partial charge in [0.2, 0.25) is 0 Å². The van der Waals surface area contributed by atoms with Gasteiger partial charge in [0.05, 0.1) is 11.6 Å². The summed E-state index contributed by atoms with van der Waals surface area (Å²) in [5.74, 6) is 0. The van der Waals surface area contributed by atoms with E-state index in [0.717, 1.165) is 17.3 Å². The molecule has 0 amide bonds. The quantitative estimate of drug-likeness (QED) is 0.925. The number of methoxy groups -OCH3 is 1. The van der Waals surface area contributed by atoms with Crippen molar-refractivity contribution in [3.05, 3.63) is 20.8 Å². The van der Waals surface area contributed by atoms with Gasteiger partial charge in [-0.1, -0.05) is 12.8 Å². The molecule has 0 aromatic carbocycles. The molecule has 1 atom stereocenters.